The zero-order chi connectivity index (χ0) is 20.3. The van der Waals surface area contributed by atoms with E-state index in [9.17, 15) is 4.79 Å². The second-order valence-corrected chi connectivity index (χ2v) is 9.03. The van der Waals surface area contributed by atoms with Crippen LogP contribution in [-0.2, 0) is 11.3 Å². The van der Waals surface area contributed by atoms with Crippen LogP contribution in [0.4, 0.5) is 5.69 Å². The first-order valence-corrected chi connectivity index (χ1v) is 10.6. The maximum atomic E-state index is 12.8. The zero-order valence-electron chi connectivity index (χ0n) is 17.3. The highest BCUT2D eigenvalue weighted by Gasteiger charge is 2.17. The Morgan fingerprint density at radius 1 is 1.04 bits per heavy atom. The van der Waals surface area contributed by atoms with E-state index >= 15 is 0 Å². The Hall–Kier alpha value is -2.24. The van der Waals surface area contributed by atoms with Gasteiger partial charge in [0.05, 0.1) is 23.3 Å². The van der Waals surface area contributed by atoms with Crippen LogP contribution in [-0.4, -0.2) is 29.4 Å². The van der Waals surface area contributed by atoms with Gasteiger partial charge < -0.3 is 5.32 Å². The first-order valence-electron chi connectivity index (χ1n) is 9.80. The Kier molecular flexibility index (Phi) is 6.47. The number of thiazole rings is 1. The number of para-hydroxylation sites is 2. The minimum absolute atomic E-state index is 0.0126. The van der Waals surface area contributed by atoms with Crippen molar-refractivity contribution in [2.24, 2.45) is 0 Å². The van der Waals surface area contributed by atoms with Crippen LogP contribution < -0.4 is 5.32 Å². The molecule has 5 heteroatoms. The summed E-state index contributed by atoms with van der Waals surface area (Å²) in [7, 11) is 1.96. The Bertz CT molecular complexity index is 902. The summed E-state index contributed by atoms with van der Waals surface area (Å²) < 4.78 is 1.18. The molecule has 0 radical (unpaired) electrons. The number of hydrogen-bond acceptors (Lipinski definition) is 4. The van der Waals surface area contributed by atoms with E-state index in [0.29, 0.717) is 24.9 Å². The fourth-order valence-corrected chi connectivity index (χ4v) is 4.44. The van der Waals surface area contributed by atoms with Crippen LogP contribution in [0, 0.1) is 0 Å². The number of aromatic nitrogens is 1. The molecule has 1 heterocycles. The third kappa shape index (κ3) is 4.78. The van der Waals surface area contributed by atoms with Crippen LogP contribution in [0.25, 0.3) is 10.2 Å². The van der Waals surface area contributed by atoms with Gasteiger partial charge in [-0.05, 0) is 42.1 Å². The molecule has 3 aromatic rings. The van der Waals surface area contributed by atoms with Gasteiger partial charge in [0.25, 0.3) is 0 Å². The van der Waals surface area contributed by atoms with Crippen molar-refractivity contribution in [1.29, 1.82) is 0 Å². The summed E-state index contributed by atoms with van der Waals surface area (Å²) >= 11 is 1.68. The molecular weight excluding hydrogens is 366 g/mol. The molecule has 2 aromatic carbocycles. The first kappa shape index (κ1) is 20.5. The van der Waals surface area contributed by atoms with Gasteiger partial charge in [0.15, 0.2) is 0 Å². The van der Waals surface area contributed by atoms with Crippen LogP contribution >= 0.6 is 11.3 Å². The lowest BCUT2D eigenvalue weighted by molar-refractivity contribution is -0.117. The number of hydrogen-bond donors (Lipinski definition) is 1. The average molecular weight is 396 g/mol. The fraction of sp³-hybridized carbons (Fsp3) is 0.391. The molecule has 0 saturated heterocycles. The van der Waals surface area contributed by atoms with E-state index in [2.05, 4.69) is 62.3 Å². The molecule has 0 aliphatic heterocycles. The standard InChI is InChI=1S/C23H29N3OS/c1-15(2)17-9-8-10-18(16(3)4)23(17)25-21(27)13-26(5)14-22-24-19-11-6-7-12-20(19)28-22/h6-12,15-16H,13-14H2,1-5H3,(H,25,27). The molecule has 0 atom stereocenters. The lowest BCUT2D eigenvalue weighted by Gasteiger charge is -2.21. The fourth-order valence-electron chi connectivity index (χ4n) is 3.39. The molecule has 0 aliphatic rings. The average Bonchev–Trinajstić information content (AvgIpc) is 3.03. The molecule has 0 fully saturated rings. The molecular formula is C23H29N3OS. The number of carbonyl (C=O) groups is 1. The Morgan fingerprint density at radius 3 is 2.29 bits per heavy atom. The predicted octanol–water partition coefficient (Wildman–Crippen LogP) is 5.61. The number of nitrogens with one attached hydrogen (secondary N) is 1. The molecule has 28 heavy (non-hydrogen) atoms. The predicted molar refractivity (Wildman–Crippen MR) is 119 cm³/mol. The molecule has 148 valence electrons. The molecule has 4 nitrogen and oxygen atoms in total. The number of benzene rings is 2. The van der Waals surface area contributed by atoms with Gasteiger partial charge in [-0.1, -0.05) is 58.0 Å². The van der Waals surface area contributed by atoms with Gasteiger partial charge in [0.1, 0.15) is 5.01 Å². The summed E-state index contributed by atoms with van der Waals surface area (Å²) in [6.07, 6.45) is 0. The number of rotatable bonds is 7. The third-order valence-electron chi connectivity index (χ3n) is 4.79. The zero-order valence-corrected chi connectivity index (χ0v) is 18.1. The van der Waals surface area contributed by atoms with Crippen LogP contribution in [0.2, 0.25) is 0 Å². The van der Waals surface area contributed by atoms with Crippen molar-refractivity contribution in [3.8, 4) is 0 Å². The number of anilines is 1. The third-order valence-corrected chi connectivity index (χ3v) is 5.82. The highest BCUT2D eigenvalue weighted by Crippen LogP contribution is 2.32. The summed E-state index contributed by atoms with van der Waals surface area (Å²) in [6.45, 7) is 9.64. The molecule has 1 aromatic heterocycles. The van der Waals surface area contributed by atoms with Crippen molar-refractivity contribution in [3.05, 3.63) is 58.6 Å². The van der Waals surface area contributed by atoms with Crippen LogP contribution in [0.1, 0.15) is 55.7 Å². The maximum Gasteiger partial charge on any atom is 0.238 e. The second kappa shape index (κ2) is 8.84. The van der Waals surface area contributed by atoms with Crippen molar-refractivity contribution >= 4 is 33.1 Å². The van der Waals surface area contributed by atoms with Crippen molar-refractivity contribution in [3.63, 3.8) is 0 Å². The van der Waals surface area contributed by atoms with E-state index in [1.807, 2.05) is 30.1 Å². The number of amides is 1. The van der Waals surface area contributed by atoms with Crippen LogP contribution in [0.15, 0.2) is 42.5 Å². The largest absolute Gasteiger partial charge is 0.324 e. The Labute approximate surface area is 171 Å². The summed E-state index contributed by atoms with van der Waals surface area (Å²) in [4.78, 5) is 19.4. The second-order valence-electron chi connectivity index (χ2n) is 7.92. The number of likely N-dealkylation sites (N-methyl/N-ethyl adjacent to an activating group) is 1. The Morgan fingerprint density at radius 2 is 1.68 bits per heavy atom. The van der Waals surface area contributed by atoms with Crippen molar-refractivity contribution in [2.45, 2.75) is 46.1 Å². The van der Waals surface area contributed by atoms with Crippen LogP contribution in [0.5, 0.6) is 0 Å². The summed E-state index contributed by atoms with van der Waals surface area (Å²) in [5.74, 6) is 0.725. The van der Waals surface area contributed by atoms with Gasteiger partial charge in [-0.25, -0.2) is 4.98 Å². The smallest absolute Gasteiger partial charge is 0.238 e. The topological polar surface area (TPSA) is 45.2 Å². The first-order chi connectivity index (χ1) is 13.3. The summed E-state index contributed by atoms with van der Waals surface area (Å²) in [6, 6.07) is 14.4. The van der Waals surface area contributed by atoms with E-state index < -0.39 is 0 Å². The number of nitrogens with zero attached hydrogens (tertiary/aromatic N) is 2. The minimum Gasteiger partial charge on any atom is -0.324 e. The molecule has 3 rings (SSSR count). The highest BCUT2D eigenvalue weighted by molar-refractivity contribution is 7.18. The quantitative estimate of drug-likeness (QED) is 0.565. The van der Waals surface area contributed by atoms with Crippen molar-refractivity contribution in [2.75, 3.05) is 18.9 Å². The SMILES string of the molecule is CC(C)c1cccc(C(C)C)c1NC(=O)CN(C)Cc1nc2ccccc2s1. The van der Waals surface area contributed by atoms with Gasteiger partial charge in [-0.2, -0.15) is 0 Å². The van der Waals surface area contributed by atoms with E-state index in [4.69, 9.17) is 0 Å². The van der Waals surface area contributed by atoms with E-state index in [-0.39, 0.29) is 5.91 Å². The van der Waals surface area contributed by atoms with Crippen LogP contribution in [0.3, 0.4) is 0 Å². The van der Waals surface area contributed by atoms with Gasteiger partial charge in [0.2, 0.25) is 5.91 Å². The molecule has 0 bridgehead atoms. The van der Waals surface area contributed by atoms with Gasteiger partial charge in [-0.15, -0.1) is 11.3 Å². The van der Waals surface area contributed by atoms with Gasteiger partial charge in [-0.3, -0.25) is 9.69 Å². The molecule has 0 aliphatic carbocycles. The normalized spacial score (nSPS) is 11.7. The van der Waals surface area contributed by atoms with Gasteiger partial charge >= 0.3 is 0 Å². The van der Waals surface area contributed by atoms with E-state index in [1.165, 1.54) is 15.8 Å². The molecule has 0 saturated carbocycles. The van der Waals surface area contributed by atoms with Crippen molar-refractivity contribution < 1.29 is 4.79 Å². The van der Waals surface area contributed by atoms with Gasteiger partial charge in [0, 0.05) is 5.69 Å². The lowest BCUT2D eigenvalue weighted by atomic mass is 9.92. The maximum absolute atomic E-state index is 12.8. The minimum atomic E-state index is 0.0126. The monoisotopic (exact) mass is 395 g/mol. The summed E-state index contributed by atoms with van der Waals surface area (Å²) in [5.41, 5.74) is 4.38. The molecule has 0 spiro atoms. The Balaban J connectivity index is 1.69. The van der Waals surface area contributed by atoms with E-state index in [1.54, 1.807) is 11.3 Å². The number of carbonyl (C=O) groups excluding carboxylic acids is 1. The summed E-state index contributed by atoms with van der Waals surface area (Å²) in [5, 5.41) is 4.22. The molecule has 1 N–H and O–H groups in total. The molecule has 0 unspecified atom stereocenters. The van der Waals surface area contributed by atoms with Crippen molar-refractivity contribution in [1.82, 2.24) is 9.88 Å². The highest BCUT2D eigenvalue weighted by atomic mass is 32.1. The molecule has 1 amide bonds. The van der Waals surface area contributed by atoms with E-state index in [0.717, 1.165) is 16.2 Å². The lowest BCUT2D eigenvalue weighted by Crippen LogP contribution is -2.30. The number of fused-ring (bicyclic) bond motifs is 1.